The summed E-state index contributed by atoms with van der Waals surface area (Å²) < 4.78 is 0.909. The lowest BCUT2D eigenvalue weighted by molar-refractivity contribution is -0.384. The van der Waals surface area contributed by atoms with Gasteiger partial charge >= 0.3 is 0 Å². The van der Waals surface area contributed by atoms with Gasteiger partial charge in [0, 0.05) is 27.7 Å². The Morgan fingerprint density at radius 3 is 2.39 bits per heavy atom. The fourth-order valence-electron chi connectivity index (χ4n) is 2.13. The number of rotatable bonds is 5. The molecule has 12 heteroatoms. The second-order valence-corrected chi connectivity index (χ2v) is 6.37. The number of non-ortho nitro benzene ring substituents is 1. The zero-order valence-electron chi connectivity index (χ0n) is 14.1. The number of amides is 2. The maximum Gasteiger partial charge on any atom is 0.269 e. The van der Waals surface area contributed by atoms with E-state index in [0.29, 0.717) is 5.82 Å². The Balaban J connectivity index is 1.53. The quantitative estimate of drug-likeness (QED) is 0.446. The predicted molar refractivity (Wildman–Crippen MR) is 99.7 cm³/mol. The van der Waals surface area contributed by atoms with Gasteiger partial charge in [-0.25, -0.2) is 0 Å². The molecule has 2 aromatic carbocycles. The monoisotopic (exact) mass is 445 g/mol. The smallest absolute Gasteiger partial charge is 0.269 e. The third-order valence-corrected chi connectivity index (χ3v) is 4.02. The number of hydrazine groups is 1. The second kappa shape index (κ2) is 8.35. The molecule has 0 saturated heterocycles. The molecule has 0 aliphatic carbocycles. The first kappa shape index (κ1) is 19.1. The van der Waals surface area contributed by atoms with E-state index in [2.05, 4.69) is 42.2 Å². The zero-order valence-corrected chi connectivity index (χ0v) is 15.7. The molecule has 1 heterocycles. The van der Waals surface area contributed by atoms with Crippen molar-refractivity contribution < 1.29 is 14.5 Å². The van der Waals surface area contributed by atoms with Gasteiger partial charge in [0.05, 0.1) is 4.92 Å². The molecule has 0 saturated carbocycles. The minimum absolute atomic E-state index is 0.139. The first-order valence-corrected chi connectivity index (χ1v) is 8.59. The number of tetrazole rings is 1. The third-order valence-electron chi connectivity index (χ3n) is 3.50. The average Bonchev–Trinajstić information content (AvgIpc) is 3.15. The average molecular weight is 446 g/mol. The van der Waals surface area contributed by atoms with Crippen molar-refractivity contribution in [2.24, 2.45) is 0 Å². The van der Waals surface area contributed by atoms with Crippen molar-refractivity contribution in [1.82, 2.24) is 31.1 Å². The van der Waals surface area contributed by atoms with Crippen molar-refractivity contribution in [2.45, 2.75) is 6.54 Å². The number of carbonyl (C=O) groups excluding carboxylic acids is 2. The number of nitrogens with one attached hydrogen (secondary N) is 2. The van der Waals surface area contributed by atoms with Crippen molar-refractivity contribution >= 4 is 33.4 Å². The molecule has 0 radical (unpaired) electrons. The van der Waals surface area contributed by atoms with Crippen LogP contribution in [0.2, 0.25) is 0 Å². The van der Waals surface area contributed by atoms with Crippen molar-refractivity contribution in [3.05, 3.63) is 68.7 Å². The summed E-state index contributed by atoms with van der Waals surface area (Å²) >= 11 is 3.33. The van der Waals surface area contributed by atoms with Gasteiger partial charge in [-0.15, -0.1) is 10.2 Å². The molecule has 0 spiro atoms. The minimum atomic E-state index is -0.620. The van der Waals surface area contributed by atoms with Gasteiger partial charge in [0.2, 0.25) is 5.82 Å². The van der Waals surface area contributed by atoms with Crippen LogP contribution in [-0.2, 0) is 11.3 Å². The van der Waals surface area contributed by atoms with Crippen LogP contribution in [0.15, 0.2) is 53.0 Å². The standard InChI is InChI=1S/C16H12BrN7O4/c17-12-5-1-10(2-6-12)15-19-22-23(21-15)9-14(25)18-20-16(26)11-3-7-13(8-4-11)24(27)28/h1-8H,9H2,(H,18,25)(H,20,26). The molecule has 11 nitrogen and oxygen atoms in total. The Morgan fingerprint density at radius 2 is 1.75 bits per heavy atom. The molecular formula is C16H12BrN7O4. The first-order chi connectivity index (χ1) is 13.4. The number of hydrogen-bond acceptors (Lipinski definition) is 7. The van der Waals surface area contributed by atoms with Crippen LogP contribution in [0.1, 0.15) is 10.4 Å². The highest BCUT2D eigenvalue weighted by molar-refractivity contribution is 9.10. The summed E-state index contributed by atoms with van der Waals surface area (Å²) in [4.78, 5) is 35.0. The van der Waals surface area contributed by atoms with Crippen molar-refractivity contribution in [3.8, 4) is 11.4 Å². The van der Waals surface area contributed by atoms with E-state index in [1.54, 1.807) is 12.1 Å². The molecule has 0 atom stereocenters. The number of nitro benzene ring substituents is 1. The molecule has 0 aliphatic heterocycles. The van der Waals surface area contributed by atoms with Gasteiger partial charge in [-0.05, 0) is 41.6 Å². The molecule has 2 amide bonds. The summed E-state index contributed by atoms with van der Waals surface area (Å²) in [6.45, 7) is -0.260. The molecule has 3 rings (SSSR count). The highest BCUT2D eigenvalue weighted by Gasteiger charge is 2.12. The van der Waals surface area contributed by atoms with E-state index in [1.807, 2.05) is 12.1 Å². The van der Waals surface area contributed by atoms with Crippen molar-refractivity contribution in [2.75, 3.05) is 0 Å². The summed E-state index contributed by atoms with van der Waals surface area (Å²) in [5, 5.41) is 22.4. The van der Waals surface area contributed by atoms with Gasteiger partial charge in [-0.1, -0.05) is 15.9 Å². The fraction of sp³-hybridized carbons (Fsp3) is 0.0625. The Morgan fingerprint density at radius 1 is 1.07 bits per heavy atom. The van der Waals surface area contributed by atoms with Crippen LogP contribution in [0.4, 0.5) is 5.69 Å². The maximum atomic E-state index is 11.9. The number of halogens is 1. The highest BCUT2D eigenvalue weighted by atomic mass is 79.9. The number of nitrogens with zero attached hydrogens (tertiary/aromatic N) is 5. The van der Waals surface area contributed by atoms with E-state index in [1.165, 1.54) is 24.3 Å². The van der Waals surface area contributed by atoms with Crippen LogP contribution in [0.25, 0.3) is 11.4 Å². The number of nitro groups is 1. The topological polar surface area (TPSA) is 145 Å². The van der Waals surface area contributed by atoms with Crippen molar-refractivity contribution in [1.29, 1.82) is 0 Å². The van der Waals surface area contributed by atoms with Gasteiger partial charge in [0.15, 0.2) is 0 Å². The third kappa shape index (κ3) is 4.73. The molecule has 3 aromatic rings. The van der Waals surface area contributed by atoms with E-state index < -0.39 is 16.7 Å². The summed E-state index contributed by atoms with van der Waals surface area (Å²) in [7, 11) is 0. The van der Waals surface area contributed by atoms with Gasteiger partial charge in [-0.2, -0.15) is 4.80 Å². The molecule has 1 aromatic heterocycles. The van der Waals surface area contributed by atoms with Crippen LogP contribution in [0, 0.1) is 10.1 Å². The molecular weight excluding hydrogens is 434 g/mol. The van der Waals surface area contributed by atoms with E-state index >= 15 is 0 Å². The molecule has 0 bridgehead atoms. The van der Waals surface area contributed by atoms with E-state index in [4.69, 9.17) is 0 Å². The highest BCUT2D eigenvalue weighted by Crippen LogP contribution is 2.17. The second-order valence-electron chi connectivity index (χ2n) is 5.46. The van der Waals surface area contributed by atoms with Gasteiger partial charge in [0.1, 0.15) is 6.54 Å². The largest absolute Gasteiger partial charge is 0.271 e. The Bertz CT molecular complexity index is 1020. The number of benzene rings is 2. The number of carbonyl (C=O) groups is 2. The molecule has 28 heavy (non-hydrogen) atoms. The van der Waals surface area contributed by atoms with E-state index in [9.17, 15) is 19.7 Å². The molecule has 142 valence electrons. The number of hydrogen-bond donors (Lipinski definition) is 2. The van der Waals surface area contributed by atoms with Crippen LogP contribution in [0.3, 0.4) is 0 Å². The number of aromatic nitrogens is 4. The Hall–Kier alpha value is -3.67. The Labute approximate surface area is 166 Å². The van der Waals surface area contributed by atoms with Crippen LogP contribution >= 0.6 is 15.9 Å². The predicted octanol–water partition coefficient (Wildman–Crippen LogP) is 1.47. The molecule has 2 N–H and O–H groups in total. The normalized spacial score (nSPS) is 10.3. The summed E-state index contributed by atoms with van der Waals surface area (Å²) in [5.41, 5.74) is 5.18. The minimum Gasteiger partial charge on any atom is -0.271 e. The van der Waals surface area contributed by atoms with Crippen LogP contribution in [-0.4, -0.2) is 36.9 Å². The summed E-state index contributed by atoms with van der Waals surface area (Å²) in [5.74, 6) is -0.837. The van der Waals surface area contributed by atoms with Crippen LogP contribution < -0.4 is 10.9 Å². The van der Waals surface area contributed by atoms with Gasteiger partial charge < -0.3 is 0 Å². The SMILES string of the molecule is O=C(Cn1nnc(-c2ccc(Br)cc2)n1)NNC(=O)c1ccc([N+](=O)[O-])cc1. The summed E-state index contributed by atoms with van der Waals surface area (Å²) in [6, 6.07) is 12.2. The lowest BCUT2D eigenvalue weighted by Gasteiger charge is -2.06. The lowest BCUT2D eigenvalue weighted by atomic mass is 10.2. The van der Waals surface area contributed by atoms with Gasteiger partial charge in [0.25, 0.3) is 17.5 Å². The summed E-state index contributed by atoms with van der Waals surface area (Å²) in [6.07, 6.45) is 0. The molecule has 0 unspecified atom stereocenters. The maximum absolute atomic E-state index is 11.9. The fourth-order valence-corrected chi connectivity index (χ4v) is 2.39. The lowest BCUT2D eigenvalue weighted by Crippen LogP contribution is -2.43. The van der Waals surface area contributed by atoms with E-state index in [0.717, 1.165) is 14.8 Å². The zero-order chi connectivity index (χ0) is 20.1. The molecule has 0 aliphatic rings. The van der Waals surface area contributed by atoms with E-state index in [-0.39, 0.29) is 17.8 Å². The Kier molecular flexibility index (Phi) is 5.69. The molecule has 0 fully saturated rings. The first-order valence-electron chi connectivity index (χ1n) is 7.80. The van der Waals surface area contributed by atoms with Crippen molar-refractivity contribution in [3.63, 3.8) is 0 Å². The van der Waals surface area contributed by atoms with Crippen LogP contribution in [0.5, 0.6) is 0 Å². The van der Waals surface area contributed by atoms with Gasteiger partial charge in [-0.3, -0.25) is 30.6 Å².